The number of rotatable bonds is 5. The van der Waals surface area contributed by atoms with E-state index in [2.05, 4.69) is 54.0 Å². The van der Waals surface area contributed by atoms with Crippen molar-refractivity contribution in [2.45, 2.75) is 70.4 Å². The Hall–Kier alpha value is -2.41. The Morgan fingerprint density at radius 2 is 1.77 bits per heavy atom. The van der Waals surface area contributed by atoms with Crippen molar-refractivity contribution < 1.29 is 0 Å². The van der Waals surface area contributed by atoms with Gasteiger partial charge in [-0.05, 0) is 88.2 Å². The van der Waals surface area contributed by atoms with Crippen molar-refractivity contribution in [2.75, 3.05) is 29.6 Å². The van der Waals surface area contributed by atoms with Gasteiger partial charge in [0.1, 0.15) is 5.82 Å². The first-order valence-electron chi connectivity index (χ1n) is 11.5. The van der Waals surface area contributed by atoms with Crippen LogP contribution in [0.15, 0.2) is 24.3 Å². The highest BCUT2D eigenvalue weighted by Crippen LogP contribution is 2.29. The molecule has 0 spiro atoms. The molecule has 4 rings (SSSR count). The van der Waals surface area contributed by atoms with Crippen LogP contribution in [0.25, 0.3) is 0 Å². The number of benzene rings is 1. The lowest BCUT2D eigenvalue weighted by atomic mass is 9.91. The summed E-state index contributed by atoms with van der Waals surface area (Å²) < 4.78 is 0. The molecule has 2 aromatic rings. The smallest absolute Gasteiger partial charge is 0.225 e. The van der Waals surface area contributed by atoms with Gasteiger partial charge in [0.2, 0.25) is 5.95 Å². The number of aromatic nitrogens is 2. The number of aryl methyl sites for hydroxylation is 2. The Balaban J connectivity index is 1.30. The van der Waals surface area contributed by atoms with Crippen LogP contribution in [0.2, 0.25) is 0 Å². The molecule has 6 nitrogen and oxygen atoms in total. The van der Waals surface area contributed by atoms with Crippen LogP contribution in [0.4, 0.5) is 17.5 Å². The molecule has 1 aromatic carbocycles. The first-order valence-corrected chi connectivity index (χ1v) is 11.9. The van der Waals surface area contributed by atoms with Gasteiger partial charge in [-0.15, -0.1) is 0 Å². The van der Waals surface area contributed by atoms with Gasteiger partial charge in [0.05, 0.1) is 5.69 Å². The number of thiocarbonyl (C=S) groups is 1. The predicted octanol–water partition coefficient (Wildman–Crippen LogP) is 4.44. The molecule has 0 bridgehead atoms. The minimum absolute atomic E-state index is 0.407. The van der Waals surface area contributed by atoms with E-state index in [-0.39, 0.29) is 0 Å². The van der Waals surface area contributed by atoms with Gasteiger partial charge >= 0.3 is 0 Å². The van der Waals surface area contributed by atoms with Crippen molar-refractivity contribution in [3.8, 4) is 0 Å². The third kappa shape index (κ3) is 5.64. The van der Waals surface area contributed by atoms with Gasteiger partial charge in [0.25, 0.3) is 0 Å². The molecule has 1 fully saturated rings. The zero-order valence-electron chi connectivity index (χ0n) is 18.9. The maximum atomic E-state index is 5.53. The van der Waals surface area contributed by atoms with Gasteiger partial charge < -0.3 is 20.9 Å². The highest BCUT2D eigenvalue weighted by atomic mass is 32.1. The Morgan fingerprint density at radius 1 is 1.03 bits per heavy atom. The lowest BCUT2D eigenvalue weighted by Gasteiger charge is -2.31. The fraction of sp³-hybridized carbons (Fsp3) is 0.542. The summed E-state index contributed by atoms with van der Waals surface area (Å²) in [7, 11) is 4.15. The van der Waals surface area contributed by atoms with E-state index in [1.165, 1.54) is 29.7 Å². The third-order valence-corrected chi connectivity index (χ3v) is 6.48. The van der Waals surface area contributed by atoms with Crippen molar-refractivity contribution in [1.29, 1.82) is 0 Å². The van der Waals surface area contributed by atoms with Crippen LogP contribution < -0.4 is 20.9 Å². The minimum Gasteiger partial charge on any atom is -0.362 e. The van der Waals surface area contributed by atoms with Crippen molar-refractivity contribution in [3.63, 3.8) is 0 Å². The monoisotopic (exact) mass is 438 g/mol. The molecule has 0 amide bonds. The summed E-state index contributed by atoms with van der Waals surface area (Å²) in [5.41, 5.74) is 4.83. The molecular weight excluding hydrogens is 404 g/mol. The highest BCUT2D eigenvalue weighted by Gasteiger charge is 2.24. The summed E-state index contributed by atoms with van der Waals surface area (Å²) in [5.74, 6) is 1.87. The Morgan fingerprint density at radius 3 is 2.52 bits per heavy atom. The van der Waals surface area contributed by atoms with Crippen LogP contribution in [0.5, 0.6) is 0 Å². The molecule has 2 aliphatic rings. The van der Waals surface area contributed by atoms with Crippen molar-refractivity contribution in [1.82, 2.24) is 15.3 Å². The SMILES string of the molecule is Cc1cccc(NC(=S)NC2CCC(Nc3nc4c(c(N(C)C)n3)CCCC4)CC2)c1. The van der Waals surface area contributed by atoms with Crippen molar-refractivity contribution >= 4 is 34.8 Å². The molecule has 0 saturated heterocycles. The van der Waals surface area contributed by atoms with E-state index in [4.69, 9.17) is 22.2 Å². The maximum absolute atomic E-state index is 5.53. The lowest BCUT2D eigenvalue weighted by Crippen LogP contribution is -2.42. The lowest BCUT2D eigenvalue weighted by molar-refractivity contribution is 0.387. The number of nitrogens with one attached hydrogen (secondary N) is 3. The largest absolute Gasteiger partial charge is 0.362 e. The number of hydrogen-bond donors (Lipinski definition) is 3. The highest BCUT2D eigenvalue weighted by molar-refractivity contribution is 7.80. The zero-order chi connectivity index (χ0) is 21.8. The fourth-order valence-electron chi connectivity index (χ4n) is 4.65. The van der Waals surface area contributed by atoms with Gasteiger partial charge in [-0.1, -0.05) is 12.1 Å². The summed E-state index contributed by atoms with van der Waals surface area (Å²) >= 11 is 5.53. The second-order valence-electron chi connectivity index (χ2n) is 9.06. The minimum atomic E-state index is 0.407. The van der Waals surface area contributed by atoms with Gasteiger partial charge in [0, 0.05) is 37.4 Å². The molecule has 0 atom stereocenters. The van der Waals surface area contributed by atoms with E-state index in [0.29, 0.717) is 17.2 Å². The Labute approximate surface area is 191 Å². The topological polar surface area (TPSA) is 65.1 Å². The molecule has 0 radical (unpaired) electrons. The van der Waals surface area contributed by atoms with Gasteiger partial charge in [-0.3, -0.25) is 0 Å². The Bertz CT molecular complexity index is 920. The van der Waals surface area contributed by atoms with E-state index in [1.807, 2.05) is 12.1 Å². The van der Waals surface area contributed by atoms with Crippen LogP contribution in [-0.4, -0.2) is 41.3 Å². The van der Waals surface area contributed by atoms with Crippen LogP contribution in [0.3, 0.4) is 0 Å². The molecule has 166 valence electrons. The van der Waals surface area contributed by atoms with E-state index in [9.17, 15) is 0 Å². The number of anilines is 3. The van der Waals surface area contributed by atoms with E-state index in [0.717, 1.165) is 56.0 Å². The molecule has 3 N–H and O–H groups in total. The third-order valence-electron chi connectivity index (χ3n) is 6.26. The number of hydrogen-bond acceptors (Lipinski definition) is 5. The molecule has 31 heavy (non-hydrogen) atoms. The average molecular weight is 439 g/mol. The molecule has 0 unspecified atom stereocenters. The standard InChI is InChI=1S/C24H34N6S/c1-16-7-6-8-19(15-16)27-24(31)26-18-13-11-17(12-14-18)25-23-28-21-10-5-4-9-20(21)22(29-23)30(2)3/h6-8,15,17-18H,4-5,9-14H2,1-3H3,(H,25,28,29)(H2,26,27,31). The first-order chi connectivity index (χ1) is 15.0. The van der Waals surface area contributed by atoms with Crippen LogP contribution >= 0.6 is 12.2 Å². The zero-order valence-corrected chi connectivity index (χ0v) is 19.7. The molecule has 1 heterocycles. The summed E-state index contributed by atoms with van der Waals surface area (Å²) in [4.78, 5) is 11.9. The maximum Gasteiger partial charge on any atom is 0.225 e. The Kier molecular flexibility index (Phi) is 6.90. The summed E-state index contributed by atoms with van der Waals surface area (Å²) in [6.45, 7) is 2.09. The van der Waals surface area contributed by atoms with Gasteiger partial charge in [-0.25, -0.2) is 4.98 Å². The predicted molar refractivity (Wildman–Crippen MR) is 133 cm³/mol. The van der Waals surface area contributed by atoms with Gasteiger partial charge in [0.15, 0.2) is 5.11 Å². The van der Waals surface area contributed by atoms with Crippen LogP contribution in [0.1, 0.15) is 55.3 Å². The molecule has 1 aromatic heterocycles. The second kappa shape index (κ2) is 9.81. The van der Waals surface area contributed by atoms with E-state index in [1.54, 1.807) is 0 Å². The summed E-state index contributed by atoms with van der Waals surface area (Å²) in [6, 6.07) is 9.10. The first kappa shape index (κ1) is 21.8. The molecule has 0 aliphatic heterocycles. The number of fused-ring (bicyclic) bond motifs is 1. The van der Waals surface area contributed by atoms with E-state index >= 15 is 0 Å². The summed E-state index contributed by atoms with van der Waals surface area (Å²) in [5, 5.41) is 11.1. The number of nitrogens with zero attached hydrogens (tertiary/aromatic N) is 3. The molecular formula is C24H34N6S. The van der Waals surface area contributed by atoms with Crippen molar-refractivity contribution in [3.05, 3.63) is 41.1 Å². The van der Waals surface area contributed by atoms with Crippen LogP contribution in [0, 0.1) is 6.92 Å². The molecule has 1 saturated carbocycles. The van der Waals surface area contributed by atoms with Crippen molar-refractivity contribution in [2.24, 2.45) is 0 Å². The molecule has 2 aliphatic carbocycles. The van der Waals surface area contributed by atoms with Gasteiger partial charge in [-0.2, -0.15) is 4.98 Å². The normalized spacial score (nSPS) is 20.5. The van der Waals surface area contributed by atoms with E-state index < -0.39 is 0 Å². The second-order valence-corrected chi connectivity index (χ2v) is 9.47. The fourth-order valence-corrected chi connectivity index (χ4v) is 4.93. The summed E-state index contributed by atoms with van der Waals surface area (Å²) in [6.07, 6.45) is 8.96. The quantitative estimate of drug-likeness (QED) is 0.597. The van der Waals surface area contributed by atoms with Crippen LogP contribution in [-0.2, 0) is 12.8 Å². The average Bonchev–Trinajstić information content (AvgIpc) is 2.74. The molecule has 7 heteroatoms.